The van der Waals surface area contributed by atoms with Crippen molar-refractivity contribution in [3.8, 4) is 12.3 Å². The van der Waals surface area contributed by atoms with Gasteiger partial charge in [-0.15, -0.1) is 12.3 Å². The van der Waals surface area contributed by atoms with Gasteiger partial charge < -0.3 is 15.3 Å². The summed E-state index contributed by atoms with van der Waals surface area (Å²) < 4.78 is 0. The third-order valence-corrected chi connectivity index (χ3v) is 4.63. The SMILES string of the molecule is C#CCCCCNC(=O)N1C(C(=O)O)CC2CCCCC21. The van der Waals surface area contributed by atoms with Gasteiger partial charge in [0.1, 0.15) is 6.04 Å². The molecule has 0 spiro atoms. The van der Waals surface area contributed by atoms with Crippen molar-refractivity contribution in [3.05, 3.63) is 0 Å². The first-order valence-electron chi connectivity index (χ1n) is 7.87. The highest BCUT2D eigenvalue weighted by molar-refractivity contribution is 5.83. The number of carbonyl (C=O) groups is 2. The van der Waals surface area contributed by atoms with Crippen molar-refractivity contribution in [1.29, 1.82) is 0 Å². The highest BCUT2D eigenvalue weighted by Gasteiger charge is 2.47. The van der Waals surface area contributed by atoms with Crippen molar-refractivity contribution in [2.24, 2.45) is 5.92 Å². The van der Waals surface area contributed by atoms with Crippen LogP contribution in [0.5, 0.6) is 0 Å². The van der Waals surface area contributed by atoms with Crippen LogP contribution in [0.1, 0.15) is 51.4 Å². The first-order valence-corrected chi connectivity index (χ1v) is 7.87. The summed E-state index contributed by atoms with van der Waals surface area (Å²) in [4.78, 5) is 25.4. The van der Waals surface area contributed by atoms with Gasteiger partial charge in [0.05, 0.1) is 0 Å². The van der Waals surface area contributed by atoms with Gasteiger partial charge in [0.15, 0.2) is 0 Å². The molecule has 3 atom stereocenters. The highest BCUT2D eigenvalue weighted by atomic mass is 16.4. The molecule has 2 N–H and O–H groups in total. The predicted molar refractivity (Wildman–Crippen MR) is 79.7 cm³/mol. The maximum absolute atomic E-state index is 12.4. The van der Waals surface area contributed by atoms with E-state index in [1.165, 1.54) is 0 Å². The van der Waals surface area contributed by atoms with Crippen molar-refractivity contribution in [3.63, 3.8) is 0 Å². The number of hydrogen-bond donors (Lipinski definition) is 2. The lowest BCUT2D eigenvalue weighted by Crippen LogP contribution is -2.50. The summed E-state index contributed by atoms with van der Waals surface area (Å²) in [6.07, 6.45) is 12.4. The highest BCUT2D eigenvalue weighted by Crippen LogP contribution is 2.39. The minimum atomic E-state index is -0.883. The summed E-state index contributed by atoms with van der Waals surface area (Å²) in [5.74, 6) is 2.04. The first kappa shape index (κ1) is 15.7. The number of urea groups is 1. The summed E-state index contributed by atoms with van der Waals surface area (Å²) >= 11 is 0. The third-order valence-electron chi connectivity index (χ3n) is 4.63. The summed E-state index contributed by atoms with van der Waals surface area (Å²) in [6.45, 7) is 0.556. The number of amides is 2. The van der Waals surface area contributed by atoms with Gasteiger partial charge in [0.2, 0.25) is 0 Å². The van der Waals surface area contributed by atoms with E-state index in [9.17, 15) is 14.7 Å². The number of likely N-dealkylation sites (tertiary alicyclic amines) is 1. The Balaban J connectivity index is 1.92. The van der Waals surface area contributed by atoms with Crippen LogP contribution in [-0.4, -0.2) is 40.6 Å². The number of carbonyl (C=O) groups excluding carboxylic acids is 1. The normalized spacial score (nSPS) is 27.8. The average Bonchev–Trinajstić information content (AvgIpc) is 2.86. The summed E-state index contributed by atoms with van der Waals surface area (Å²) in [6, 6.07) is -0.785. The van der Waals surface area contributed by atoms with E-state index in [4.69, 9.17) is 6.42 Å². The van der Waals surface area contributed by atoms with Gasteiger partial charge in [-0.25, -0.2) is 9.59 Å². The van der Waals surface area contributed by atoms with E-state index in [-0.39, 0.29) is 12.1 Å². The molecule has 0 radical (unpaired) electrons. The fourth-order valence-corrected chi connectivity index (χ4v) is 3.61. The Morgan fingerprint density at radius 2 is 2.05 bits per heavy atom. The van der Waals surface area contributed by atoms with E-state index in [2.05, 4.69) is 11.2 Å². The topological polar surface area (TPSA) is 69.6 Å². The van der Waals surface area contributed by atoms with Crippen LogP contribution in [0, 0.1) is 18.3 Å². The minimum absolute atomic E-state index is 0.102. The van der Waals surface area contributed by atoms with E-state index < -0.39 is 12.0 Å². The Morgan fingerprint density at radius 1 is 1.29 bits per heavy atom. The molecule has 5 nitrogen and oxygen atoms in total. The molecule has 0 aromatic heterocycles. The molecule has 2 fully saturated rings. The summed E-state index contributed by atoms with van der Waals surface area (Å²) in [7, 11) is 0. The van der Waals surface area contributed by atoms with Crippen LogP contribution < -0.4 is 5.32 Å². The fraction of sp³-hybridized carbons (Fsp3) is 0.750. The molecule has 1 aliphatic carbocycles. The Bertz CT molecular complexity index is 430. The second-order valence-electron chi connectivity index (χ2n) is 6.00. The van der Waals surface area contributed by atoms with E-state index >= 15 is 0 Å². The van der Waals surface area contributed by atoms with Gasteiger partial charge in [-0.2, -0.15) is 0 Å². The number of terminal acetylenes is 1. The third kappa shape index (κ3) is 3.69. The van der Waals surface area contributed by atoms with E-state index in [0.29, 0.717) is 25.3 Å². The molecule has 1 heterocycles. The van der Waals surface area contributed by atoms with Gasteiger partial charge in [0, 0.05) is 19.0 Å². The van der Waals surface area contributed by atoms with E-state index in [0.717, 1.165) is 38.5 Å². The number of carboxylic acids is 1. The van der Waals surface area contributed by atoms with Crippen LogP contribution in [0.4, 0.5) is 4.79 Å². The van der Waals surface area contributed by atoms with Crippen LogP contribution in [0.25, 0.3) is 0 Å². The molecule has 3 unspecified atom stereocenters. The van der Waals surface area contributed by atoms with Crippen LogP contribution in [0.15, 0.2) is 0 Å². The lowest BCUT2D eigenvalue weighted by molar-refractivity contribution is -0.141. The van der Waals surface area contributed by atoms with E-state index in [1.807, 2.05) is 0 Å². The number of nitrogens with zero attached hydrogens (tertiary/aromatic N) is 1. The molecular weight excluding hydrogens is 268 g/mol. The minimum Gasteiger partial charge on any atom is -0.480 e. The largest absolute Gasteiger partial charge is 0.480 e. The number of carboxylic acid groups (broad SMARTS) is 1. The monoisotopic (exact) mass is 292 g/mol. The van der Waals surface area contributed by atoms with Gasteiger partial charge in [-0.1, -0.05) is 12.8 Å². The van der Waals surface area contributed by atoms with Gasteiger partial charge in [-0.3, -0.25) is 0 Å². The maximum atomic E-state index is 12.4. The number of aliphatic carboxylic acids is 1. The quantitative estimate of drug-likeness (QED) is 0.603. The van der Waals surface area contributed by atoms with Crippen molar-refractivity contribution in [2.45, 2.75) is 63.5 Å². The Hall–Kier alpha value is -1.70. The zero-order valence-electron chi connectivity index (χ0n) is 12.4. The van der Waals surface area contributed by atoms with Crippen molar-refractivity contribution < 1.29 is 14.7 Å². The Kier molecular flexibility index (Phi) is 5.49. The lowest BCUT2D eigenvalue weighted by atomic mass is 9.85. The molecule has 2 rings (SSSR count). The van der Waals surface area contributed by atoms with Gasteiger partial charge >= 0.3 is 12.0 Å². The molecule has 5 heteroatoms. The molecule has 0 aromatic rings. The number of hydrogen-bond acceptors (Lipinski definition) is 2. The van der Waals surface area contributed by atoms with Crippen molar-refractivity contribution >= 4 is 12.0 Å². The second kappa shape index (κ2) is 7.35. The zero-order chi connectivity index (χ0) is 15.2. The van der Waals surface area contributed by atoms with Crippen LogP contribution in [0.3, 0.4) is 0 Å². The average molecular weight is 292 g/mol. The summed E-state index contributed by atoms with van der Waals surface area (Å²) in [5, 5.41) is 12.2. The van der Waals surface area contributed by atoms with Crippen LogP contribution in [-0.2, 0) is 4.79 Å². The molecule has 1 saturated carbocycles. The molecule has 2 aliphatic rings. The zero-order valence-corrected chi connectivity index (χ0v) is 12.4. The molecule has 0 aromatic carbocycles. The standard InChI is InChI=1S/C16H24N2O3/c1-2-3-4-7-10-17-16(21)18-13-9-6-5-8-12(13)11-14(18)15(19)20/h1,12-14H,3-11H2,(H,17,21)(H,19,20). The summed E-state index contributed by atoms with van der Waals surface area (Å²) in [5.41, 5.74) is 0. The van der Waals surface area contributed by atoms with E-state index in [1.54, 1.807) is 4.90 Å². The Morgan fingerprint density at radius 3 is 2.76 bits per heavy atom. The number of unbranched alkanes of at least 4 members (excludes halogenated alkanes) is 2. The van der Waals surface area contributed by atoms with Crippen LogP contribution >= 0.6 is 0 Å². The van der Waals surface area contributed by atoms with Gasteiger partial charge in [-0.05, 0) is 38.0 Å². The maximum Gasteiger partial charge on any atom is 0.326 e. The Labute approximate surface area is 126 Å². The predicted octanol–water partition coefficient (Wildman–Crippen LogP) is 2.22. The molecule has 2 amide bonds. The molecule has 21 heavy (non-hydrogen) atoms. The number of rotatable bonds is 5. The molecule has 0 bridgehead atoms. The van der Waals surface area contributed by atoms with Crippen molar-refractivity contribution in [2.75, 3.05) is 6.54 Å². The molecule has 1 saturated heterocycles. The lowest BCUT2D eigenvalue weighted by Gasteiger charge is -2.33. The van der Waals surface area contributed by atoms with Crippen LogP contribution in [0.2, 0.25) is 0 Å². The van der Waals surface area contributed by atoms with Crippen molar-refractivity contribution in [1.82, 2.24) is 10.2 Å². The number of nitrogens with one attached hydrogen (secondary N) is 1. The number of fused-ring (bicyclic) bond motifs is 1. The van der Waals surface area contributed by atoms with Gasteiger partial charge in [0.25, 0.3) is 0 Å². The smallest absolute Gasteiger partial charge is 0.326 e. The fourth-order valence-electron chi connectivity index (χ4n) is 3.61. The molecule has 1 aliphatic heterocycles. The molecule has 116 valence electrons. The first-order chi connectivity index (χ1) is 10.1. The molecular formula is C16H24N2O3. The second-order valence-corrected chi connectivity index (χ2v) is 6.00.